The number of halogens is 1. The third-order valence-corrected chi connectivity index (χ3v) is 5.09. The highest BCUT2D eigenvalue weighted by molar-refractivity contribution is 7.80. The Labute approximate surface area is 167 Å². The second kappa shape index (κ2) is 6.76. The molecular weight excluding hydrogens is 378 g/mol. The van der Waals surface area contributed by atoms with E-state index >= 15 is 0 Å². The lowest BCUT2D eigenvalue weighted by Gasteiger charge is -2.14. The van der Waals surface area contributed by atoms with Crippen LogP contribution in [0.5, 0.6) is 0 Å². The lowest BCUT2D eigenvalue weighted by Crippen LogP contribution is -2.30. The molecular formula is C21H16ClN3OS. The molecule has 0 spiro atoms. The van der Waals surface area contributed by atoms with Crippen LogP contribution >= 0.6 is 23.8 Å². The van der Waals surface area contributed by atoms with Gasteiger partial charge in [-0.3, -0.25) is 9.69 Å². The van der Waals surface area contributed by atoms with Crippen LogP contribution in [-0.2, 0) is 4.79 Å². The number of hydrogen-bond acceptors (Lipinski definition) is 3. The first-order valence-electron chi connectivity index (χ1n) is 8.44. The summed E-state index contributed by atoms with van der Waals surface area (Å²) in [7, 11) is 0. The number of benzene rings is 2. The predicted molar refractivity (Wildman–Crippen MR) is 114 cm³/mol. The van der Waals surface area contributed by atoms with E-state index in [4.69, 9.17) is 23.8 Å². The van der Waals surface area contributed by atoms with Crippen molar-refractivity contribution in [3.63, 3.8) is 0 Å². The molecule has 0 aliphatic carbocycles. The van der Waals surface area contributed by atoms with Gasteiger partial charge in [-0.1, -0.05) is 47.5 Å². The number of para-hydroxylation sites is 1. The summed E-state index contributed by atoms with van der Waals surface area (Å²) in [5.74, 6) is -0.218. The molecule has 1 aromatic heterocycles. The number of anilines is 1. The number of fused-ring (bicyclic) bond motifs is 1. The first-order valence-corrected chi connectivity index (χ1v) is 9.22. The van der Waals surface area contributed by atoms with Crippen molar-refractivity contribution < 1.29 is 4.79 Å². The quantitative estimate of drug-likeness (QED) is 0.387. The van der Waals surface area contributed by atoms with Crippen molar-refractivity contribution in [3.8, 4) is 0 Å². The van der Waals surface area contributed by atoms with E-state index in [1.54, 1.807) is 6.08 Å². The lowest BCUT2D eigenvalue weighted by atomic mass is 10.1. The normalized spacial score (nSPS) is 15.7. The lowest BCUT2D eigenvalue weighted by molar-refractivity contribution is -0.113. The number of carbonyl (C=O) groups excluding carboxylic acids is 1. The number of aryl methyl sites for hydroxylation is 2. The summed E-state index contributed by atoms with van der Waals surface area (Å²) in [4.78, 5) is 18.8. The zero-order valence-electron chi connectivity index (χ0n) is 14.8. The number of thiocarbonyl (C=S) groups is 1. The molecule has 2 aromatic carbocycles. The first-order chi connectivity index (χ1) is 12.9. The molecule has 27 heavy (non-hydrogen) atoms. The molecule has 3 aromatic rings. The summed E-state index contributed by atoms with van der Waals surface area (Å²) < 4.78 is 0. The van der Waals surface area contributed by atoms with Gasteiger partial charge in [0.2, 0.25) is 0 Å². The summed E-state index contributed by atoms with van der Waals surface area (Å²) in [5.41, 5.74) is 4.78. The summed E-state index contributed by atoms with van der Waals surface area (Å²) >= 11 is 11.7. The van der Waals surface area contributed by atoms with Crippen LogP contribution < -0.4 is 10.2 Å². The Hall–Kier alpha value is -2.76. The molecule has 0 atom stereocenters. The Kier molecular flexibility index (Phi) is 4.42. The number of aromatic nitrogens is 1. The Morgan fingerprint density at radius 3 is 2.63 bits per heavy atom. The van der Waals surface area contributed by atoms with Crippen molar-refractivity contribution in [2.24, 2.45) is 0 Å². The zero-order valence-corrected chi connectivity index (χ0v) is 16.4. The fourth-order valence-electron chi connectivity index (χ4n) is 3.06. The minimum absolute atomic E-state index is 0.218. The van der Waals surface area contributed by atoms with Crippen LogP contribution in [-0.4, -0.2) is 16.0 Å². The predicted octanol–water partition coefficient (Wildman–Crippen LogP) is 4.77. The fourth-order valence-corrected chi connectivity index (χ4v) is 3.55. The highest BCUT2D eigenvalue weighted by Crippen LogP contribution is 2.27. The summed E-state index contributed by atoms with van der Waals surface area (Å²) in [6.07, 6.45) is 1.69. The van der Waals surface area contributed by atoms with Gasteiger partial charge in [0, 0.05) is 10.9 Å². The largest absolute Gasteiger partial charge is 0.327 e. The van der Waals surface area contributed by atoms with Crippen molar-refractivity contribution in [2.45, 2.75) is 13.8 Å². The topological polar surface area (TPSA) is 45.2 Å². The van der Waals surface area contributed by atoms with Crippen LogP contribution in [0.2, 0.25) is 5.15 Å². The third-order valence-electron chi connectivity index (χ3n) is 4.50. The smallest absolute Gasteiger partial charge is 0.281 e. The number of nitrogens with zero attached hydrogens (tertiary/aromatic N) is 2. The maximum atomic E-state index is 12.9. The maximum absolute atomic E-state index is 12.9. The van der Waals surface area contributed by atoms with Gasteiger partial charge < -0.3 is 5.32 Å². The molecule has 1 aliphatic heterocycles. The van der Waals surface area contributed by atoms with E-state index in [1.807, 2.05) is 62.4 Å². The first kappa shape index (κ1) is 17.6. The van der Waals surface area contributed by atoms with E-state index in [1.165, 1.54) is 4.90 Å². The number of carbonyl (C=O) groups is 1. The van der Waals surface area contributed by atoms with Crippen LogP contribution in [0.4, 0.5) is 5.69 Å². The number of pyridine rings is 1. The highest BCUT2D eigenvalue weighted by atomic mass is 35.5. The second-order valence-corrected chi connectivity index (χ2v) is 7.22. The summed E-state index contributed by atoms with van der Waals surface area (Å²) in [6.45, 7) is 3.98. The molecule has 4 nitrogen and oxygen atoms in total. The van der Waals surface area contributed by atoms with Crippen molar-refractivity contribution in [2.75, 3.05) is 4.90 Å². The molecule has 1 aliphatic rings. The Morgan fingerprint density at radius 2 is 1.89 bits per heavy atom. The molecule has 6 heteroatoms. The Morgan fingerprint density at radius 1 is 1.15 bits per heavy atom. The van der Waals surface area contributed by atoms with Gasteiger partial charge in [0.15, 0.2) is 5.11 Å². The molecule has 0 bridgehead atoms. The van der Waals surface area contributed by atoms with Gasteiger partial charge in [-0.15, -0.1) is 0 Å². The van der Waals surface area contributed by atoms with Gasteiger partial charge in [-0.2, -0.15) is 0 Å². The van der Waals surface area contributed by atoms with Crippen LogP contribution in [0.25, 0.3) is 17.0 Å². The molecule has 134 valence electrons. The number of amides is 1. The molecule has 2 heterocycles. The van der Waals surface area contributed by atoms with E-state index in [2.05, 4.69) is 10.3 Å². The van der Waals surface area contributed by atoms with E-state index in [0.29, 0.717) is 21.5 Å². The van der Waals surface area contributed by atoms with E-state index in [-0.39, 0.29) is 5.91 Å². The number of rotatable bonds is 2. The fraction of sp³-hybridized carbons (Fsp3) is 0.0952. The van der Waals surface area contributed by atoms with E-state index < -0.39 is 0 Å². The van der Waals surface area contributed by atoms with Gasteiger partial charge in [-0.05, 0) is 55.9 Å². The van der Waals surface area contributed by atoms with Gasteiger partial charge in [0.25, 0.3) is 5.91 Å². The number of nitrogens with one attached hydrogen (secondary N) is 1. The summed E-state index contributed by atoms with van der Waals surface area (Å²) in [6, 6.07) is 15.5. The molecule has 0 unspecified atom stereocenters. The van der Waals surface area contributed by atoms with E-state index in [0.717, 1.165) is 27.7 Å². The molecule has 1 amide bonds. The average Bonchev–Trinajstić information content (AvgIpc) is 2.91. The Bertz CT molecular complexity index is 1120. The molecule has 0 radical (unpaired) electrons. The van der Waals surface area contributed by atoms with Crippen molar-refractivity contribution in [3.05, 3.63) is 76.1 Å². The average molecular weight is 394 g/mol. The van der Waals surface area contributed by atoms with Gasteiger partial charge >= 0.3 is 0 Å². The molecule has 1 saturated heterocycles. The standard InChI is InChI=1S/C21H16ClN3OS/c1-12-6-8-16(9-7-12)25-20(26)17(23-21(25)27)11-15-10-14-5-3-4-13(2)18(14)24-19(15)22/h3-11H,1-2H3,(H,23,27)/b17-11+. The SMILES string of the molecule is Cc1ccc(N2C(=O)/C(=C\c3cc4cccc(C)c4nc3Cl)NC2=S)cc1. The molecule has 1 N–H and O–H groups in total. The van der Waals surface area contributed by atoms with Crippen LogP contribution in [0.15, 0.2) is 54.2 Å². The van der Waals surface area contributed by atoms with Crippen molar-refractivity contribution in [1.29, 1.82) is 0 Å². The van der Waals surface area contributed by atoms with E-state index in [9.17, 15) is 4.79 Å². The van der Waals surface area contributed by atoms with Crippen LogP contribution in [0.1, 0.15) is 16.7 Å². The Balaban J connectivity index is 1.73. The minimum Gasteiger partial charge on any atom is -0.327 e. The van der Waals surface area contributed by atoms with Crippen molar-refractivity contribution >= 4 is 57.5 Å². The van der Waals surface area contributed by atoms with Gasteiger partial charge in [0.1, 0.15) is 10.9 Å². The van der Waals surface area contributed by atoms with Crippen molar-refractivity contribution in [1.82, 2.24) is 10.3 Å². The molecule has 4 rings (SSSR count). The van der Waals surface area contributed by atoms with Crippen LogP contribution in [0.3, 0.4) is 0 Å². The number of hydrogen-bond donors (Lipinski definition) is 1. The molecule has 0 saturated carbocycles. The zero-order chi connectivity index (χ0) is 19.1. The summed E-state index contributed by atoms with van der Waals surface area (Å²) in [5, 5.41) is 4.64. The van der Waals surface area contributed by atoms with Crippen LogP contribution in [0, 0.1) is 13.8 Å². The van der Waals surface area contributed by atoms with Gasteiger partial charge in [0.05, 0.1) is 11.2 Å². The highest BCUT2D eigenvalue weighted by Gasteiger charge is 2.32. The third kappa shape index (κ3) is 3.20. The molecule has 1 fully saturated rings. The van der Waals surface area contributed by atoms with Gasteiger partial charge in [-0.25, -0.2) is 4.98 Å². The maximum Gasteiger partial charge on any atom is 0.281 e. The monoisotopic (exact) mass is 393 g/mol. The minimum atomic E-state index is -0.218. The second-order valence-electron chi connectivity index (χ2n) is 6.48.